The number of nitrogens with zero attached hydrogens (tertiary/aromatic N) is 2. The summed E-state index contributed by atoms with van der Waals surface area (Å²) >= 11 is 0. The molecule has 0 atom stereocenters. The fraction of sp³-hybridized carbons (Fsp3) is 0.200. The van der Waals surface area contributed by atoms with Crippen LogP contribution in [0.2, 0.25) is 0 Å². The molecule has 2 heterocycles. The van der Waals surface area contributed by atoms with Crippen molar-refractivity contribution in [1.29, 1.82) is 0 Å². The summed E-state index contributed by atoms with van der Waals surface area (Å²) < 4.78 is 0. The molecule has 3 nitrogen and oxygen atoms in total. The number of nitrogens with one attached hydrogen (secondary N) is 1. The molecule has 0 aliphatic carbocycles. The lowest BCUT2D eigenvalue weighted by molar-refractivity contribution is 1.27. The third kappa shape index (κ3) is 1.59. The standard InChI is InChI=1S/C10H11N3/c1-11-10-7-8(4-6-13-10)9-3-2-5-12-9/h3-7H,2H2,1H3,(H,11,13). The fourth-order valence-corrected chi connectivity index (χ4v) is 1.29. The highest BCUT2D eigenvalue weighted by molar-refractivity contribution is 5.81. The summed E-state index contributed by atoms with van der Waals surface area (Å²) in [5.74, 6) is 0.875. The predicted molar refractivity (Wildman–Crippen MR) is 54.9 cm³/mol. The Kier molecular flexibility index (Phi) is 2.08. The highest BCUT2D eigenvalue weighted by Crippen LogP contribution is 2.20. The van der Waals surface area contributed by atoms with E-state index >= 15 is 0 Å². The van der Waals surface area contributed by atoms with E-state index in [0.717, 1.165) is 23.5 Å². The van der Waals surface area contributed by atoms with Crippen molar-refractivity contribution < 1.29 is 0 Å². The van der Waals surface area contributed by atoms with Gasteiger partial charge in [0.05, 0.1) is 5.70 Å². The molecule has 0 unspecified atom stereocenters. The third-order valence-corrected chi connectivity index (χ3v) is 1.96. The van der Waals surface area contributed by atoms with Gasteiger partial charge in [-0.1, -0.05) is 6.08 Å². The van der Waals surface area contributed by atoms with Gasteiger partial charge in [0.1, 0.15) is 5.82 Å². The van der Waals surface area contributed by atoms with Gasteiger partial charge in [0.25, 0.3) is 0 Å². The molecule has 0 radical (unpaired) electrons. The molecular weight excluding hydrogens is 162 g/mol. The number of hydrogen-bond acceptors (Lipinski definition) is 3. The fourth-order valence-electron chi connectivity index (χ4n) is 1.29. The van der Waals surface area contributed by atoms with Gasteiger partial charge < -0.3 is 5.32 Å². The molecule has 0 saturated carbocycles. The number of aliphatic imine (C=N–C) groups is 1. The van der Waals surface area contributed by atoms with Gasteiger partial charge in [-0.15, -0.1) is 0 Å². The first-order valence-electron chi connectivity index (χ1n) is 4.27. The monoisotopic (exact) mass is 173 g/mol. The molecule has 66 valence electrons. The van der Waals surface area contributed by atoms with Gasteiger partial charge in [-0.05, 0) is 12.1 Å². The molecule has 2 rings (SSSR count). The van der Waals surface area contributed by atoms with Gasteiger partial charge in [-0.2, -0.15) is 0 Å². The molecule has 1 N–H and O–H groups in total. The van der Waals surface area contributed by atoms with E-state index in [4.69, 9.17) is 0 Å². The lowest BCUT2D eigenvalue weighted by Gasteiger charge is -2.02. The molecule has 0 bridgehead atoms. The lowest BCUT2D eigenvalue weighted by atomic mass is 10.2. The van der Waals surface area contributed by atoms with Crippen molar-refractivity contribution in [2.24, 2.45) is 4.99 Å². The van der Waals surface area contributed by atoms with Crippen LogP contribution < -0.4 is 5.32 Å². The van der Waals surface area contributed by atoms with E-state index in [1.807, 2.05) is 25.4 Å². The van der Waals surface area contributed by atoms with Gasteiger partial charge in [0.15, 0.2) is 0 Å². The normalized spacial score (nSPS) is 14.4. The summed E-state index contributed by atoms with van der Waals surface area (Å²) in [7, 11) is 1.86. The summed E-state index contributed by atoms with van der Waals surface area (Å²) in [6.07, 6.45) is 6.74. The van der Waals surface area contributed by atoms with Gasteiger partial charge in [-0.3, -0.25) is 4.99 Å². The van der Waals surface area contributed by atoms with E-state index in [1.165, 1.54) is 0 Å². The summed E-state index contributed by atoms with van der Waals surface area (Å²) in [6, 6.07) is 3.96. The molecule has 0 spiro atoms. The zero-order chi connectivity index (χ0) is 9.10. The summed E-state index contributed by atoms with van der Waals surface area (Å²) in [5, 5.41) is 3.00. The van der Waals surface area contributed by atoms with E-state index in [0.29, 0.717) is 0 Å². The minimum Gasteiger partial charge on any atom is -0.373 e. The molecular formula is C10H11N3. The highest BCUT2D eigenvalue weighted by atomic mass is 14.9. The lowest BCUT2D eigenvalue weighted by Crippen LogP contribution is -1.92. The van der Waals surface area contributed by atoms with Crippen LogP contribution in [-0.4, -0.2) is 18.2 Å². The SMILES string of the molecule is CNc1cc(C2=CCC=N2)ccn1. The average molecular weight is 173 g/mol. The topological polar surface area (TPSA) is 37.3 Å². The van der Waals surface area contributed by atoms with Crippen LogP contribution in [0.25, 0.3) is 5.70 Å². The van der Waals surface area contributed by atoms with Crippen LogP contribution in [-0.2, 0) is 0 Å². The Labute approximate surface area is 77.2 Å². The Hall–Kier alpha value is -1.64. The molecule has 1 aromatic heterocycles. The van der Waals surface area contributed by atoms with Crippen LogP contribution >= 0.6 is 0 Å². The van der Waals surface area contributed by atoms with Crippen molar-refractivity contribution in [1.82, 2.24) is 4.98 Å². The van der Waals surface area contributed by atoms with Crippen molar-refractivity contribution in [2.75, 3.05) is 12.4 Å². The molecule has 3 heteroatoms. The second-order valence-electron chi connectivity index (χ2n) is 2.82. The Morgan fingerprint density at radius 1 is 1.46 bits per heavy atom. The third-order valence-electron chi connectivity index (χ3n) is 1.96. The number of anilines is 1. The van der Waals surface area contributed by atoms with E-state index in [1.54, 1.807) is 6.20 Å². The maximum atomic E-state index is 4.26. The van der Waals surface area contributed by atoms with Crippen molar-refractivity contribution in [2.45, 2.75) is 6.42 Å². The average Bonchev–Trinajstić information content (AvgIpc) is 2.71. The number of aromatic nitrogens is 1. The van der Waals surface area contributed by atoms with Gasteiger partial charge in [-0.25, -0.2) is 4.98 Å². The van der Waals surface area contributed by atoms with Gasteiger partial charge in [0.2, 0.25) is 0 Å². The summed E-state index contributed by atoms with van der Waals surface area (Å²) in [5.41, 5.74) is 2.16. The molecule has 0 amide bonds. The highest BCUT2D eigenvalue weighted by Gasteiger charge is 2.03. The molecule has 0 fully saturated rings. The number of hydrogen-bond donors (Lipinski definition) is 1. The first kappa shape index (κ1) is 7.98. The minimum absolute atomic E-state index is 0.875. The Morgan fingerprint density at radius 2 is 2.38 bits per heavy atom. The second-order valence-corrected chi connectivity index (χ2v) is 2.82. The van der Waals surface area contributed by atoms with Crippen molar-refractivity contribution in [3.8, 4) is 0 Å². The Morgan fingerprint density at radius 3 is 3.08 bits per heavy atom. The van der Waals surface area contributed by atoms with Crippen molar-refractivity contribution in [3.63, 3.8) is 0 Å². The zero-order valence-corrected chi connectivity index (χ0v) is 7.49. The first-order valence-corrected chi connectivity index (χ1v) is 4.27. The molecule has 1 aliphatic rings. The van der Waals surface area contributed by atoms with Crippen LogP contribution in [0.3, 0.4) is 0 Å². The van der Waals surface area contributed by atoms with Crippen molar-refractivity contribution in [3.05, 3.63) is 30.0 Å². The Bertz CT molecular complexity index is 366. The van der Waals surface area contributed by atoms with Crippen LogP contribution in [0.15, 0.2) is 29.4 Å². The quantitative estimate of drug-likeness (QED) is 0.742. The number of pyridine rings is 1. The molecule has 13 heavy (non-hydrogen) atoms. The minimum atomic E-state index is 0.875. The number of rotatable bonds is 2. The van der Waals surface area contributed by atoms with E-state index in [-0.39, 0.29) is 0 Å². The van der Waals surface area contributed by atoms with Crippen LogP contribution in [0.4, 0.5) is 5.82 Å². The second kappa shape index (κ2) is 3.39. The molecule has 0 aromatic carbocycles. The summed E-state index contributed by atoms with van der Waals surface area (Å²) in [6.45, 7) is 0. The number of allylic oxidation sites excluding steroid dienone is 1. The van der Waals surface area contributed by atoms with Crippen molar-refractivity contribution >= 4 is 17.7 Å². The van der Waals surface area contributed by atoms with E-state index < -0.39 is 0 Å². The molecule has 1 aliphatic heterocycles. The van der Waals surface area contributed by atoms with E-state index in [2.05, 4.69) is 21.4 Å². The maximum Gasteiger partial charge on any atom is 0.126 e. The largest absolute Gasteiger partial charge is 0.373 e. The maximum absolute atomic E-state index is 4.26. The molecule has 0 saturated heterocycles. The molecule has 1 aromatic rings. The predicted octanol–water partition coefficient (Wildman–Crippen LogP) is 1.94. The summed E-state index contributed by atoms with van der Waals surface area (Å²) in [4.78, 5) is 8.40. The zero-order valence-electron chi connectivity index (χ0n) is 7.49. The smallest absolute Gasteiger partial charge is 0.126 e. The van der Waals surface area contributed by atoms with Gasteiger partial charge in [0, 0.05) is 31.4 Å². The van der Waals surface area contributed by atoms with Gasteiger partial charge >= 0.3 is 0 Å². The van der Waals surface area contributed by atoms with Crippen LogP contribution in [0.1, 0.15) is 12.0 Å². The van der Waals surface area contributed by atoms with E-state index in [9.17, 15) is 0 Å². The van der Waals surface area contributed by atoms with Crippen LogP contribution in [0.5, 0.6) is 0 Å². The van der Waals surface area contributed by atoms with Crippen LogP contribution in [0, 0.1) is 0 Å². The first-order chi connectivity index (χ1) is 6.40. The Balaban J connectivity index is 2.35.